The summed E-state index contributed by atoms with van der Waals surface area (Å²) in [5.74, 6) is 0.794. The van der Waals surface area contributed by atoms with Gasteiger partial charge in [0.25, 0.3) is 0 Å². The number of aliphatic hydroxyl groups excluding tert-OH is 1. The van der Waals surface area contributed by atoms with E-state index in [-0.39, 0.29) is 17.8 Å². The van der Waals surface area contributed by atoms with Gasteiger partial charge in [0.2, 0.25) is 0 Å². The third-order valence-electron chi connectivity index (χ3n) is 2.40. The third-order valence-corrected chi connectivity index (χ3v) is 4.24. The first-order valence-corrected chi connectivity index (χ1v) is 6.24. The molecular formula is C8H16O3S. The minimum absolute atomic E-state index is 0.199. The van der Waals surface area contributed by atoms with Crippen molar-refractivity contribution in [2.24, 2.45) is 5.92 Å². The van der Waals surface area contributed by atoms with Crippen LogP contribution in [0.4, 0.5) is 0 Å². The number of aliphatic hydroxyl groups is 1. The second-order valence-corrected chi connectivity index (χ2v) is 5.80. The Morgan fingerprint density at radius 1 is 1.58 bits per heavy atom. The van der Waals surface area contributed by atoms with Gasteiger partial charge in [-0.25, -0.2) is 8.42 Å². The summed E-state index contributed by atoms with van der Waals surface area (Å²) in [5.41, 5.74) is 0. The van der Waals surface area contributed by atoms with Gasteiger partial charge in [-0.15, -0.1) is 0 Å². The molecule has 12 heavy (non-hydrogen) atoms. The second-order valence-electron chi connectivity index (χ2n) is 3.57. The fourth-order valence-corrected chi connectivity index (χ4v) is 3.49. The van der Waals surface area contributed by atoms with Crippen LogP contribution in [0.1, 0.15) is 26.2 Å². The first kappa shape index (κ1) is 9.99. The van der Waals surface area contributed by atoms with Crippen molar-refractivity contribution in [3.05, 3.63) is 0 Å². The summed E-state index contributed by atoms with van der Waals surface area (Å²) in [6.45, 7) is 1.91. The molecule has 1 saturated heterocycles. The maximum atomic E-state index is 11.0. The molecule has 0 aromatic heterocycles. The lowest BCUT2D eigenvalue weighted by atomic mass is 10.00. The third kappa shape index (κ3) is 2.75. The van der Waals surface area contributed by atoms with Gasteiger partial charge in [0.1, 0.15) is 0 Å². The molecule has 4 heteroatoms. The van der Waals surface area contributed by atoms with E-state index in [1.54, 1.807) is 0 Å². The van der Waals surface area contributed by atoms with E-state index in [1.165, 1.54) is 0 Å². The molecule has 2 atom stereocenters. The van der Waals surface area contributed by atoms with Crippen LogP contribution in [-0.4, -0.2) is 31.1 Å². The quantitative estimate of drug-likeness (QED) is 0.711. The second kappa shape index (κ2) is 3.75. The summed E-state index contributed by atoms with van der Waals surface area (Å²) in [5, 5.41) is 9.29. The average molecular weight is 192 g/mol. The summed E-state index contributed by atoms with van der Waals surface area (Å²) in [4.78, 5) is 0. The van der Waals surface area contributed by atoms with Gasteiger partial charge in [-0.3, -0.25) is 0 Å². The Hall–Kier alpha value is -0.0900. The van der Waals surface area contributed by atoms with Crippen LogP contribution in [-0.2, 0) is 9.84 Å². The fourth-order valence-electron chi connectivity index (χ4n) is 1.61. The molecule has 1 aliphatic heterocycles. The van der Waals surface area contributed by atoms with Crippen LogP contribution in [0.5, 0.6) is 0 Å². The van der Waals surface area contributed by atoms with Crippen molar-refractivity contribution in [3.8, 4) is 0 Å². The van der Waals surface area contributed by atoms with Crippen molar-refractivity contribution in [3.63, 3.8) is 0 Å². The van der Waals surface area contributed by atoms with Crippen LogP contribution in [0.25, 0.3) is 0 Å². The highest BCUT2D eigenvalue weighted by Crippen LogP contribution is 2.23. The predicted molar refractivity (Wildman–Crippen MR) is 47.7 cm³/mol. The lowest BCUT2D eigenvalue weighted by Crippen LogP contribution is -2.13. The summed E-state index contributed by atoms with van der Waals surface area (Å²) < 4.78 is 22.1. The fraction of sp³-hybridized carbons (Fsp3) is 1.00. The van der Waals surface area contributed by atoms with Gasteiger partial charge < -0.3 is 5.11 Å². The van der Waals surface area contributed by atoms with Crippen molar-refractivity contribution in [1.29, 1.82) is 0 Å². The van der Waals surface area contributed by atoms with E-state index < -0.39 is 9.84 Å². The van der Waals surface area contributed by atoms with Crippen molar-refractivity contribution >= 4 is 9.84 Å². The van der Waals surface area contributed by atoms with E-state index in [2.05, 4.69) is 0 Å². The first-order chi connectivity index (χ1) is 5.53. The standard InChI is InChI=1S/C8H16O3S/c1-2-8(9)5-7-3-4-12(10,11)6-7/h7-9H,2-6H2,1H3. The average Bonchev–Trinajstić information content (AvgIpc) is 2.30. The molecule has 1 fully saturated rings. The van der Waals surface area contributed by atoms with Crippen LogP contribution in [0.15, 0.2) is 0 Å². The Morgan fingerprint density at radius 3 is 2.67 bits per heavy atom. The largest absolute Gasteiger partial charge is 0.393 e. The molecule has 0 amide bonds. The maximum absolute atomic E-state index is 11.0. The van der Waals surface area contributed by atoms with E-state index in [0.717, 1.165) is 12.8 Å². The minimum Gasteiger partial charge on any atom is -0.393 e. The van der Waals surface area contributed by atoms with Crippen LogP contribution in [0.2, 0.25) is 0 Å². The molecule has 0 spiro atoms. The predicted octanol–water partition coefficient (Wildman–Crippen LogP) is 0.582. The SMILES string of the molecule is CCC(O)CC1CCS(=O)(=O)C1. The van der Waals surface area contributed by atoms with Crippen molar-refractivity contribution in [1.82, 2.24) is 0 Å². The molecule has 3 nitrogen and oxygen atoms in total. The monoisotopic (exact) mass is 192 g/mol. The van der Waals surface area contributed by atoms with Crippen LogP contribution < -0.4 is 0 Å². The molecular weight excluding hydrogens is 176 g/mol. The van der Waals surface area contributed by atoms with Crippen molar-refractivity contribution in [2.45, 2.75) is 32.3 Å². The van der Waals surface area contributed by atoms with Gasteiger partial charge in [0.15, 0.2) is 9.84 Å². The van der Waals surface area contributed by atoms with E-state index in [0.29, 0.717) is 12.2 Å². The smallest absolute Gasteiger partial charge is 0.150 e. The molecule has 1 heterocycles. The number of rotatable bonds is 3. The zero-order chi connectivity index (χ0) is 9.19. The van der Waals surface area contributed by atoms with Gasteiger partial charge in [0, 0.05) is 0 Å². The summed E-state index contributed by atoms with van der Waals surface area (Å²) in [7, 11) is -2.76. The van der Waals surface area contributed by atoms with Gasteiger partial charge in [-0.2, -0.15) is 0 Å². The lowest BCUT2D eigenvalue weighted by molar-refractivity contribution is 0.142. The molecule has 1 aliphatic rings. The zero-order valence-corrected chi connectivity index (χ0v) is 8.18. The normalized spacial score (nSPS) is 30.3. The molecule has 0 radical (unpaired) electrons. The van der Waals surface area contributed by atoms with Crippen molar-refractivity contribution in [2.75, 3.05) is 11.5 Å². The number of sulfone groups is 1. The Morgan fingerprint density at radius 2 is 2.25 bits per heavy atom. The molecule has 2 unspecified atom stereocenters. The van der Waals surface area contributed by atoms with Gasteiger partial charge in [-0.05, 0) is 25.2 Å². The summed E-state index contributed by atoms with van der Waals surface area (Å²) >= 11 is 0. The Bertz CT molecular complexity index is 233. The lowest BCUT2D eigenvalue weighted by Gasteiger charge is -2.11. The Balaban J connectivity index is 2.38. The molecule has 0 aliphatic carbocycles. The highest BCUT2D eigenvalue weighted by atomic mass is 32.2. The molecule has 0 saturated carbocycles. The van der Waals surface area contributed by atoms with E-state index in [9.17, 15) is 13.5 Å². The first-order valence-electron chi connectivity index (χ1n) is 4.42. The highest BCUT2D eigenvalue weighted by molar-refractivity contribution is 7.91. The Labute approximate surface area is 73.7 Å². The van der Waals surface area contributed by atoms with Crippen LogP contribution in [0, 0.1) is 5.92 Å². The van der Waals surface area contributed by atoms with Gasteiger partial charge in [-0.1, -0.05) is 6.92 Å². The topological polar surface area (TPSA) is 54.4 Å². The molecule has 0 bridgehead atoms. The molecule has 0 aromatic rings. The van der Waals surface area contributed by atoms with Gasteiger partial charge >= 0.3 is 0 Å². The maximum Gasteiger partial charge on any atom is 0.150 e. The van der Waals surface area contributed by atoms with E-state index in [1.807, 2.05) is 6.92 Å². The molecule has 1 rings (SSSR count). The van der Waals surface area contributed by atoms with Crippen LogP contribution in [0.3, 0.4) is 0 Å². The number of hydrogen-bond donors (Lipinski definition) is 1. The van der Waals surface area contributed by atoms with E-state index in [4.69, 9.17) is 0 Å². The van der Waals surface area contributed by atoms with Crippen molar-refractivity contribution < 1.29 is 13.5 Å². The summed E-state index contributed by atoms with van der Waals surface area (Å²) in [6.07, 6.45) is 1.79. The number of hydrogen-bond acceptors (Lipinski definition) is 3. The molecule has 1 N–H and O–H groups in total. The Kier molecular flexibility index (Phi) is 3.12. The zero-order valence-electron chi connectivity index (χ0n) is 7.36. The molecule has 72 valence electrons. The minimum atomic E-state index is -2.76. The van der Waals surface area contributed by atoms with Crippen LogP contribution >= 0.6 is 0 Å². The molecule has 0 aromatic carbocycles. The van der Waals surface area contributed by atoms with E-state index >= 15 is 0 Å². The van der Waals surface area contributed by atoms with Gasteiger partial charge in [0.05, 0.1) is 17.6 Å². The highest BCUT2D eigenvalue weighted by Gasteiger charge is 2.28. The summed E-state index contributed by atoms with van der Waals surface area (Å²) in [6, 6.07) is 0.